The molecule has 0 amide bonds. The molecule has 4 rings (SSSR count). The molecular weight excluding hydrogens is 314 g/mol. The third-order valence-electron chi connectivity index (χ3n) is 4.05. The third-order valence-corrected chi connectivity index (χ3v) is 4.05. The second kappa shape index (κ2) is 6.70. The van der Waals surface area contributed by atoms with E-state index < -0.39 is 6.10 Å². The molecule has 2 N–H and O–H groups in total. The number of hydrogen-bond donors (Lipinski definition) is 2. The van der Waals surface area contributed by atoms with E-state index >= 15 is 0 Å². The number of hydrogen-bond acceptors (Lipinski definition) is 4. The van der Waals surface area contributed by atoms with E-state index in [-0.39, 0.29) is 0 Å². The molecule has 1 aromatic carbocycles. The van der Waals surface area contributed by atoms with Gasteiger partial charge in [0.25, 0.3) is 0 Å². The van der Waals surface area contributed by atoms with Crippen LogP contribution >= 0.6 is 0 Å². The molecule has 0 spiro atoms. The first-order valence-corrected chi connectivity index (χ1v) is 8.01. The second-order valence-electron chi connectivity index (χ2n) is 5.70. The Morgan fingerprint density at radius 1 is 1.04 bits per heavy atom. The lowest BCUT2D eigenvalue weighted by molar-refractivity contribution is 0.156. The van der Waals surface area contributed by atoms with Crippen molar-refractivity contribution in [2.24, 2.45) is 0 Å². The largest absolute Gasteiger partial charge is 0.386 e. The monoisotopic (exact) mass is 331 g/mol. The van der Waals surface area contributed by atoms with Crippen molar-refractivity contribution in [2.45, 2.75) is 12.6 Å². The zero-order valence-electron chi connectivity index (χ0n) is 13.4. The van der Waals surface area contributed by atoms with Gasteiger partial charge < -0.3 is 14.7 Å². The van der Waals surface area contributed by atoms with E-state index in [0.29, 0.717) is 6.54 Å². The predicted octanol–water partition coefficient (Wildman–Crippen LogP) is 3.07. The molecule has 0 aliphatic carbocycles. The van der Waals surface area contributed by atoms with Gasteiger partial charge in [-0.05, 0) is 6.07 Å². The summed E-state index contributed by atoms with van der Waals surface area (Å²) in [6, 6.07) is 13.6. The molecule has 0 bridgehead atoms. The van der Waals surface area contributed by atoms with E-state index in [4.69, 9.17) is 0 Å². The van der Waals surface area contributed by atoms with Gasteiger partial charge in [0.2, 0.25) is 0 Å². The third kappa shape index (κ3) is 3.07. The van der Waals surface area contributed by atoms with Gasteiger partial charge >= 0.3 is 0 Å². The van der Waals surface area contributed by atoms with Gasteiger partial charge in [0, 0.05) is 35.9 Å². The summed E-state index contributed by atoms with van der Waals surface area (Å²) in [6.45, 7) is 0.363. The van der Waals surface area contributed by atoms with Gasteiger partial charge in [-0.15, -0.1) is 0 Å². The second-order valence-corrected chi connectivity index (χ2v) is 5.70. The van der Waals surface area contributed by atoms with Crippen molar-refractivity contribution in [3.05, 3.63) is 79.1 Å². The molecule has 6 heteroatoms. The Morgan fingerprint density at radius 3 is 2.64 bits per heavy atom. The van der Waals surface area contributed by atoms with Crippen LogP contribution < -0.4 is 0 Å². The van der Waals surface area contributed by atoms with Crippen LogP contribution in [0.15, 0.2) is 73.6 Å². The molecule has 4 aromatic rings. The van der Waals surface area contributed by atoms with Crippen molar-refractivity contribution in [1.82, 2.24) is 24.5 Å². The summed E-state index contributed by atoms with van der Waals surface area (Å²) in [5.74, 6) is 0.717. The highest BCUT2D eigenvalue weighted by Crippen LogP contribution is 2.30. The number of nitrogens with zero attached hydrogens (tertiary/aromatic N) is 4. The van der Waals surface area contributed by atoms with Crippen molar-refractivity contribution < 1.29 is 5.11 Å². The number of rotatable bonds is 5. The number of benzene rings is 1. The zero-order valence-corrected chi connectivity index (χ0v) is 13.4. The molecule has 0 radical (unpaired) electrons. The van der Waals surface area contributed by atoms with E-state index in [0.717, 1.165) is 28.3 Å². The average Bonchev–Trinajstić information content (AvgIpc) is 3.32. The molecule has 6 nitrogen and oxygen atoms in total. The van der Waals surface area contributed by atoms with Gasteiger partial charge in [-0.2, -0.15) is 0 Å². The van der Waals surface area contributed by atoms with Crippen LogP contribution in [-0.2, 0) is 6.54 Å². The number of nitrogens with one attached hydrogen (secondary N) is 1. The Hall–Kier alpha value is -3.25. The number of pyridine rings is 1. The fourth-order valence-electron chi connectivity index (χ4n) is 2.84. The molecule has 3 heterocycles. The highest BCUT2D eigenvalue weighted by molar-refractivity contribution is 5.75. The van der Waals surface area contributed by atoms with Crippen LogP contribution in [0.4, 0.5) is 0 Å². The normalized spacial score (nSPS) is 12.2. The highest BCUT2D eigenvalue weighted by Gasteiger charge is 2.19. The molecule has 1 unspecified atom stereocenters. The summed E-state index contributed by atoms with van der Waals surface area (Å²) in [4.78, 5) is 16.1. The van der Waals surface area contributed by atoms with Gasteiger partial charge in [0.1, 0.15) is 5.69 Å². The number of aliphatic hydroxyl groups is 1. The molecule has 0 fully saturated rings. The fraction of sp³-hybridized carbons (Fsp3) is 0.105. The SMILES string of the molecule is OC(Cn1cnc(-c2ccccc2)c1-c1ncc[nH]1)c1cccnc1. The van der Waals surface area contributed by atoms with Crippen molar-refractivity contribution in [3.8, 4) is 22.8 Å². The lowest BCUT2D eigenvalue weighted by Crippen LogP contribution is -2.09. The smallest absolute Gasteiger partial charge is 0.156 e. The maximum atomic E-state index is 10.6. The van der Waals surface area contributed by atoms with Crippen LogP contribution in [0.3, 0.4) is 0 Å². The Kier molecular flexibility index (Phi) is 4.10. The minimum absolute atomic E-state index is 0.363. The zero-order chi connectivity index (χ0) is 17.1. The van der Waals surface area contributed by atoms with Crippen LogP contribution in [0.25, 0.3) is 22.8 Å². The maximum absolute atomic E-state index is 10.6. The average molecular weight is 331 g/mol. The Bertz CT molecular complexity index is 933. The van der Waals surface area contributed by atoms with Gasteiger partial charge in [-0.25, -0.2) is 9.97 Å². The predicted molar refractivity (Wildman–Crippen MR) is 94.4 cm³/mol. The van der Waals surface area contributed by atoms with E-state index in [1.165, 1.54) is 0 Å². The standard InChI is InChI=1S/C19H17N5O/c25-16(15-7-4-8-20-11-15)12-24-13-23-17(14-5-2-1-3-6-14)18(24)19-21-9-10-22-19/h1-11,13,16,25H,12H2,(H,21,22). The summed E-state index contributed by atoms with van der Waals surface area (Å²) < 4.78 is 1.92. The topological polar surface area (TPSA) is 79.6 Å². The number of H-pyrrole nitrogens is 1. The summed E-state index contributed by atoms with van der Waals surface area (Å²) in [6.07, 6.45) is 7.90. The number of aliphatic hydroxyl groups excluding tert-OH is 1. The van der Waals surface area contributed by atoms with Gasteiger partial charge in [-0.3, -0.25) is 4.98 Å². The van der Waals surface area contributed by atoms with Crippen molar-refractivity contribution in [3.63, 3.8) is 0 Å². The first-order valence-electron chi connectivity index (χ1n) is 8.01. The minimum atomic E-state index is -0.680. The summed E-state index contributed by atoms with van der Waals surface area (Å²) in [5.41, 5.74) is 3.44. The molecule has 25 heavy (non-hydrogen) atoms. The number of aromatic nitrogens is 5. The summed E-state index contributed by atoms with van der Waals surface area (Å²) >= 11 is 0. The minimum Gasteiger partial charge on any atom is -0.386 e. The molecule has 0 saturated carbocycles. The van der Waals surface area contributed by atoms with Crippen LogP contribution in [-0.4, -0.2) is 29.6 Å². The van der Waals surface area contributed by atoms with E-state index in [9.17, 15) is 5.11 Å². The highest BCUT2D eigenvalue weighted by atomic mass is 16.3. The fourth-order valence-corrected chi connectivity index (χ4v) is 2.84. The molecular formula is C19H17N5O. The first-order chi connectivity index (χ1) is 12.3. The molecule has 0 aliphatic heterocycles. The molecule has 124 valence electrons. The van der Waals surface area contributed by atoms with Crippen LogP contribution in [0.2, 0.25) is 0 Å². The van der Waals surface area contributed by atoms with Crippen molar-refractivity contribution >= 4 is 0 Å². The van der Waals surface area contributed by atoms with E-state index in [1.54, 1.807) is 31.1 Å². The van der Waals surface area contributed by atoms with E-state index in [1.807, 2.05) is 47.0 Å². The number of imidazole rings is 2. The van der Waals surface area contributed by atoms with Gasteiger partial charge in [-0.1, -0.05) is 36.4 Å². The summed E-state index contributed by atoms with van der Waals surface area (Å²) in [5, 5.41) is 10.6. The van der Waals surface area contributed by atoms with Gasteiger partial charge in [0.15, 0.2) is 5.82 Å². The van der Waals surface area contributed by atoms with Crippen LogP contribution in [0, 0.1) is 0 Å². The summed E-state index contributed by atoms with van der Waals surface area (Å²) in [7, 11) is 0. The Morgan fingerprint density at radius 2 is 1.92 bits per heavy atom. The van der Waals surface area contributed by atoms with Crippen molar-refractivity contribution in [1.29, 1.82) is 0 Å². The van der Waals surface area contributed by atoms with E-state index in [2.05, 4.69) is 19.9 Å². The molecule has 3 aromatic heterocycles. The molecule has 0 aliphatic rings. The molecule has 0 saturated heterocycles. The quantitative estimate of drug-likeness (QED) is 0.589. The Balaban J connectivity index is 1.75. The van der Waals surface area contributed by atoms with Crippen LogP contribution in [0.5, 0.6) is 0 Å². The number of aromatic amines is 1. The van der Waals surface area contributed by atoms with Crippen molar-refractivity contribution in [2.75, 3.05) is 0 Å². The molecule has 1 atom stereocenters. The maximum Gasteiger partial charge on any atom is 0.156 e. The van der Waals surface area contributed by atoms with Crippen LogP contribution in [0.1, 0.15) is 11.7 Å². The van der Waals surface area contributed by atoms with Gasteiger partial charge in [0.05, 0.1) is 24.7 Å². The Labute approximate surface area is 144 Å². The lowest BCUT2D eigenvalue weighted by Gasteiger charge is -2.14. The lowest BCUT2D eigenvalue weighted by atomic mass is 10.1. The first kappa shape index (κ1) is 15.3.